The van der Waals surface area contributed by atoms with Crippen LogP contribution in [0.2, 0.25) is 0 Å². The van der Waals surface area contributed by atoms with Crippen molar-refractivity contribution >= 4 is 17.2 Å². The number of amides is 1. The lowest BCUT2D eigenvalue weighted by Crippen LogP contribution is -2.50. The summed E-state index contributed by atoms with van der Waals surface area (Å²) < 4.78 is 0. The standard InChI is InChI=1S/C19H21N3OS/c1-15(18-8-5-13-24-18)19(23)22-11-9-21(10-12-22)17(14-20)16-6-3-2-4-7-16/h2-8,13,15,17H,9-12H2,1H3/t15-,17+/m1/s1. The van der Waals surface area contributed by atoms with Gasteiger partial charge in [-0.15, -0.1) is 11.3 Å². The molecule has 3 rings (SSSR count). The van der Waals surface area contributed by atoms with E-state index in [1.807, 2.05) is 59.7 Å². The molecule has 2 aromatic rings. The first-order valence-electron chi connectivity index (χ1n) is 8.21. The maximum absolute atomic E-state index is 12.7. The van der Waals surface area contributed by atoms with E-state index in [0.29, 0.717) is 13.1 Å². The van der Waals surface area contributed by atoms with Crippen LogP contribution in [0.25, 0.3) is 0 Å². The summed E-state index contributed by atoms with van der Waals surface area (Å²) in [5, 5.41) is 11.6. The van der Waals surface area contributed by atoms with Crippen molar-refractivity contribution in [1.82, 2.24) is 9.80 Å². The SMILES string of the molecule is C[C@@H](C(=O)N1CCN([C@@H](C#N)c2ccccc2)CC1)c1cccs1. The Balaban J connectivity index is 1.61. The molecule has 0 saturated carbocycles. The first-order chi connectivity index (χ1) is 11.7. The fourth-order valence-electron chi connectivity index (χ4n) is 3.14. The molecule has 2 atom stereocenters. The first kappa shape index (κ1) is 16.7. The molecule has 0 radical (unpaired) electrons. The second kappa shape index (κ2) is 7.61. The molecule has 24 heavy (non-hydrogen) atoms. The fraction of sp³-hybridized carbons (Fsp3) is 0.368. The van der Waals surface area contributed by atoms with Crippen LogP contribution < -0.4 is 0 Å². The van der Waals surface area contributed by atoms with Gasteiger partial charge >= 0.3 is 0 Å². The minimum Gasteiger partial charge on any atom is -0.340 e. The van der Waals surface area contributed by atoms with Gasteiger partial charge in [0.05, 0.1) is 12.0 Å². The largest absolute Gasteiger partial charge is 0.340 e. The van der Waals surface area contributed by atoms with E-state index in [9.17, 15) is 10.1 Å². The van der Waals surface area contributed by atoms with Crippen molar-refractivity contribution in [3.8, 4) is 6.07 Å². The smallest absolute Gasteiger partial charge is 0.230 e. The molecule has 0 spiro atoms. The van der Waals surface area contributed by atoms with Crippen LogP contribution in [0.4, 0.5) is 0 Å². The van der Waals surface area contributed by atoms with Gasteiger partial charge in [-0.25, -0.2) is 0 Å². The zero-order valence-corrected chi connectivity index (χ0v) is 14.6. The Morgan fingerprint density at radius 2 is 1.83 bits per heavy atom. The average Bonchev–Trinajstić information content (AvgIpc) is 3.17. The van der Waals surface area contributed by atoms with E-state index in [-0.39, 0.29) is 17.9 Å². The van der Waals surface area contributed by atoms with Crippen LogP contribution in [0, 0.1) is 11.3 Å². The van der Waals surface area contributed by atoms with Gasteiger partial charge in [-0.3, -0.25) is 9.69 Å². The van der Waals surface area contributed by atoms with E-state index in [1.54, 1.807) is 11.3 Å². The highest BCUT2D eigenvalue weighted by atomic mass is 32.1. The van der Waals surface area contributed by atoms with E-state index >= 15 is 0 Å². The number of hydrogen-bond donors (Lipinski definition) is 0. The number of carbonyl (C=O) groups is 1. The van der Waals surface area contributed by atoms with Crippen molar-refractivity contribution in [1.29, 1.82) is 5.26 Å². The summed E-state index contributed by atoms with van der Waals surface area (Å²) in [6.45, 7) is 4.80. The first-order valence-corrected chi connectivity index (χ1v) is 9.09. The molecule has 1 aromatic carbocycles. The molecule has 4 nitrogen and oxygen atoms in total. The molecule has 0 N–H and O–H groups in total. The summed E-state index contributed by atoms with van der Waals surface area (Å²) in [6, 6.07) is 16.0. The highest BCUT2D eigenvalue weighted by Crippen LogP contribution is 2.25. The maximum Gasteiger partial charge on any atom is 0.230 e. The molecule has 1 fully saturated rings. The summed E-state index contributed by atoms with van der Waals surface area (Å²) >= 11 is 1.63. The van der Waals surface area contributed by atoms with Gasteiger partial charge in [-0.2, -0.15) is 5.26 Å². The number of benzene rings is 1. The Morgan fingerprint density at radius 3 is 2.42 bits per heavy atom. The third-order valence-electron chi connectivity index (χ3n) is 4.57. The molecular formula is C19H21N3OS. The lowest BCUT2D eigenvalue weighted by Gasteiger charge is -2.37. The normalized spacial score (nSPS) is 17.9. The monoisotopic (exact) mass is 339 g/mol. The lowest BCUT2D eigenvalue weighted by atomic mass is 10.0. The molecule has 2 heterocycles. The Morgan fingerprint density at radius 1 is 1.12 bits per heavy atom. The number of nitrogens with zero attached hydrogens (tertiary/aromatic N) is 3. The van der Waals surface area contributed by atoms with E-state index in [4.69, 9.17) is 0 Å². The Bertz CT molecular complexity index is 700. The fourth-order valence-corrected chi connectivity index (χ4v) is 3.91. The number of nitriles is 1. The summed E-state index contributed by atoms with van der Waals surface area (Å²) in [6.07, 6.45) is 0. The topological polar surface area (TPSA) is 47.3 Å². The summed E-state index contributed by atoms with van der Waals surface area (Å²) in [4.78, 5) is 17.9. The zero-order valence-electron chi connectivity index (χ0n) is 13.8. The van der Waals surface area contributed by atoms with Gasteiger partial charge in [0.1, 0.15) is 6.04 Å². The van der Waals surface area contributed by atoms with Crippen LogP contribution in [0.15, 0.2) is 47.8 Å². The molecule has 0 unspecified atom stereocenters. The third-order valence-corrected chi connectivity index (χ3v) is 5.62. The van der Waals surface area contributed by atoms with Gasteiger partial charge in [-0.05, 0) is 23.9 Å². The van der Waals surface area contributed by atoms with E-state index in [2.05, 4.69) is 11.0 Å². The van der Waals surface area contributed by atoms with Gasteiger partial charge in [-0.1, -0.05) is 36.4 Å². The molecule has 1 amide bonds. The minimum atomic E-state index is -0.238. The highest BCUT2D eigenvalue weighted by molar-refractivity contribution is 7.10. The predicted octanol–water partition coefficient (Wildman–Crippen LogP) is 3.26. The van der Waals surface area contributed by atoms with Crippen LogP contribution in [-0.4, -0.2) is 41.9 Å². The van der Waals surface area contributed by atoms with E-state index in [1.165, 1.54) is 0 Å². The van der Waals surface area contributed by atoms with Crippen LogP contribution in [0.1, 0.15) is 29.3 Å². The molecule has 124 valence electrons. The van der Waals surface area contributed by atoms with Crippen molar-refractivity contribution < 1.29 is 4.79 Å². The third kappa shape index (κ3) is 3.50. The number of hydrogen-bond acceptors (Lipinski definition) is 4. The van der Waals surface area contributed by atoms with Crippen LogP contribution in [0.5, 0.6) is 0 Å². The summed E-state index contributed by atoms with van der Waals surface area (Å²) in [7, 11) is 0. The lowest BCUT2D eigenvalue weighted by molar-refractivity contribution is -0.134. The van der Waals surface area contributed by atoms with Crippen molar-refractivity contribution in [3.63, 3.8) is 0 Å². The minimum absolute atomic E-state index is 0.0857. The van der Waals surface area contributed by atoms with Gasteiger partial charge in [0, 0.05) is 31.1 Å². The zero-order chi connectivity index (χ0) is 16.9. The number of piperazine rings is 1. The molecule has 1 aliphatic heterocycles. The number of thiophene rings is 1. The van der Waals surface area contributed by atoms with Gasteiger partial charge in [0.2, 0.25) is 5.91 Å². The molecular weight excluding hydrogens is 318 g/mol. The van der Waals surface area contributed by atoms with Crippen LogP contribution in [0.3, 0.4) is 0 Å². The van der Waals surface area contributed by atoms with Crippen molar-refractivity contribution in [2.75, 3.05) is 26.2 Å². The molecule has 1 aromatic heterocycles. The maximum atomic E-state index is 12.7. The Hall–Kier alpha value is -2.16. The van der Waals surface area contributed by atoms with E-state index in [0.717, 1.165) is 23.5 Å². The molecule has 1 saturated heterocycles. The van der Waals surface area contributed by atoms with Crippen LogP contribution in [-0.2, 0) is 4.79 Å². The molecule has 1 aliphatic rings. The highest BCUT2D eigenvalue weighted by Gasteiger charge is 2.29. The van der Waals surface area contributed by atoms with E-state index < -0.39 is 0 Å². The molecule has 0 aliphatic carbocycles. The molecule has 0 bridgehead atoms. The van der Waals surface area contributed by atoms with Gasteiger partial charge < -0.3 is 4.90 Å². The van der Waals surface area contributed by atoms with Crippen LogP contribution >= 0.6 is 11.3 Å². The van der Waals surface area contributed by atoms with Crippen molar-refractivity contribution in [2.45, 2.75) is 18.9 Å². The van der Waals surface area contributed by atoms with Gasteiger partial charge in [0.25, 0.3) is 0 Å². The number of rotatable bonds is 4. The Labute approximate surface area is 146 Å². The second-order valence-electron chi connectivity index (χ2n) is 6.04. The summed E-state index contributed by atoms with van der Waals surface area (Å²) in [5.41, 5.74) is 1.02. The predicted molar refractivity (Wildman–Crippen MR) is 95.7 cm³/mol. The molecule has 5 heteroatoms. The summed E-state index contributed by atoms with van der Waals surface area (Å²) in [5.74, 6) is 0.0998. The van der Waals surface area contributed by atoms with Gasteiger partial charge in [0.15, 0.2) is 0 Å². The quantitative estimate of drug-likeness (QED) is 0.859. The average molecular weight is 339 g/mol. The number of carbonyl (C=O) groups excluding carboxylic acids is 1. The van der Waals surface area contributed by atoms with Crippen molar-refractivity contribution in [3.05, 3.63) is 58.3 Å². The Kier molecular flexibility index (Phi) is 5.29. The van der Waals surface area contributed by atoms with Crippen molar-refractivity contribution in [2.24, 2.45) is 0 Å². The second-order valence-corrected chi connectivity index (χ2v) is 7.02.